The summed E-state index contributed by atoms with van der Waals surface area (Å²) in [4.78, 5) is 22.7. The average Bonchev–Trinajstić information content (AvgIpc) is 3.08. The first-order valence-electron chi connectivity index (χ1n) is 5.72. The predicted octanol–water partition coefficient (Wildman–Crippen LogP) is 2.36. The van der Waals surface area contributed by atoms with Crippen molar-refractivity contribution < 1.29 is 14.3 Å². The molecule has 0 bridgehead atoms. The molecule has 7 heteroatoms. The Morgan fingerprint density at radius 1 is 1.21 bits per heavy atom. The summed E-state index contributed by atoms with van der Waals surface area (Å²) in [6.45, 7) is -0.283. The fraction of sp³-hybridized carbons (Fsp3) is 0.333. The van der Waals surface area contributed by atoms with E-state index < -0.39 is 11.9 Å². The molecule has 0 spiro atoms. The number of imide groups is 1. The normalized spacial score (nSPS) is 13.8. The summed E-state index contributed by atoms with van der Waals surface area (Å²) in [5.74, 6) is -0.163. The molecule has 0 radical (unpaired) electrons. The van der Waals surface area contributed by atoms with Crippen molar-refractivity contribution in [2.24, 2.45) is 0 Å². The molecule has 0 atom stereocenters. The summed E-state index contributed by atoms with van der Waals surface area (Å²) in [6.07, 6.45) is 1.91. The molecule has 1 aliphatic rings. The van der Waals surface area contributed by atoms with Crippen LogP contribution in [0, 0.1) is 0 Å². The molecule has 0 heterocycles. The van der Waals surface area contributed by atoms with E-state index in [1.807, 2.05) is 0 Å². The fourth-order valence-electron chi connectivity index (χ4n) is 1.37. The Balaban J connectivity index is 1.77. The van der Waals surface area contributed by atoms with Gasteiger partial charge >= 0.3 is 6.03 Å². The zero-order valence-corrected chi connectivity index (χ0v) is 11.4. The molecule has 1 aliphatic carbocycles. The van der Waals surface area contributed by atoms with Gasteiger partial charge in [0.2, 0.25) is 0 Å². The third-order valence-corrected chi connectivity index (χ3v) is 2.81. The third kappa shape index (κ3) is 4.96. The molecule has 2 rings (SSSR count). The number of carbonyl (C=O) groups is 2. The van der Waals surface area contributed by atoms with Gasteiger partial charge in [-0.1, -0.05) is 23.2 Å². The van der Waals surface area contributed by atoms with Gasteiger partial charge in [0, 0.05) is 16.1 Å². The van der Waals surface area contributed by atoms with Crippen molar-refractivity contribution in [3.8, 4) is 5.75 Å². The van der Waals surface area contributed by atoms with Crippen LogP contribution in [0.4, 0.5) is 4.79 Å². The fourth-order valence-corrected chi connectivity index (χ4v) is 1.88. The van der Waals surface area contributed by atoms with Gasteiger partial charge in [0.1, 0.15) is 5.75 Å². The lowest BCUT2D eigenvalue weighted by atomic mass is 10.3. The summed E-state index contributed by atoms with van der Waals surface area (Å²) in [5, 5.41) is 5.63. The van der Waals surface area contributed by atoms with E-state index in [1.54, 1.807) is 6.07 Å². The number of halogens is 2. The summed E-state index contributed by atoms with van der Waals surface area (Å²) in [6, 6.07) is 4.32. The first-order chi connectivity index (χ1) is 9.02. The molecule has 1 fully saturated rings. The minimum Gasteiger partial charge on any atom is -0.484 e. The summed E-state index contributed by atoms with van der Waals surface area (Å²) in [7, 11) is 0. The van der Waals surface area contributed by atoms with Crippen molar-refractivity contribution >= 4 is 35.1 Å². The quantitative estimate of drug-likeness (QED) is 0.897. The second kappa shape index (κ2) is 6.12. The van der Waals surface area contributed by atoms with Crippen LogP contribution in [0.1, 0.15) is 12.8 Å². The van der Waals surface area contributed by atoms with Crippen LogP contribution in [-0.2, 0) is 4.79 Å². The number of urea groups is 1. The van der Waals surface area contributed by atoms with Crippen LogP contribution < -0.4 is 15.4 Å². The zero-order chi connectivity index (χ0) is 13.8. The zero-order valence-electron chi connectivity index (χ0n) is 9.91. The molecule has 0 aromatic heterocycles. The molecule has 102 valence electrons. The molecular formula is C12H12Cl2N2O3. The molecule has 19 heavy (non-hydrogen) atoms. The molecule has 1 aromatic rings. The Hall–Kier alpha value is -1.46. The molecule has 0 saturated heterocycles. The number of hydrogen-bond donors (Lipinski definition) is 2. The highest BCUT2D eigenvalue weighted by atomic mass is 35.5. The predicted molar refractivity (Wildman–Crippen MR) is 71.7 cm³/mol. The number of nitrogens with one attached hydrogen (secondary N) is 2. The topological polar surface area (TPSA) is 67.4 Å². The third-order valence-electron chi connectivity index (χ3n) is 2.37. The maximum Gasteiger partial charge on any atom is 0.321 e. The van der Waals surface area contributed by atoms with E-state index in [9.17, 15) is 9.59 Å². The van der Waals surface area contributed by atoms with Crippen molar-refractivity contribution in [2.75, 3.05) is 6.61 Å². The van der Waals surface area contributed by atoms with Crippen molar-refractivity contribution in [3.05, 3.63) is 28.2 Å². The summed E-state index contributed by atoms with van der Waals surface area (Å²) < 4.78 is 5.19. The minimum absolute atomic E-state index is 0.195. The second-order valence-electron chi connectivity index (χ2n) is 4.19. The van der Waals surface area contributed by atoms with Gasteiger partial charge in [-0.15, -0.1) is 0 Å². The van der Waals surface area contributed by atoms with Gasteiger partial charge in [-0.25, -0.2) is 4.79 Å². The van der Waals surface area contributed by atoms with Crippen LogP contribution in [0.15, 0.2) is 18.2 Å². The van der Waals surface area contributed by atoms with Gasteiger partial charge in [0.05, 0.1) is 0 Å². The lowest BCUT2D eigenvalue weighted by Gasteiger charge is -2.08. The average molecular weight is 303 g/mol. The molecule has 1 saturated carbocycles. The van der Waals surface area contributed by atoms with Crippen LogP contribution in [0.3, 0.4) is 0 Å². The van der Waals surface area contributed by atoms with E-state index >= 15 is 0 Å². The van der Waals surface area contributed by atoms with Crippen LogP contribution in [0.25, 0.3) is 0 Å². The number of rotatable bonds is 4. The molecule has 0 aliphatic heterocycles. The Labute approximate surface area is 120 Å². The van der Waals surface area contributed by atoms with E-state index in [2.05, 4.69) is 10.6 Å². The highest BCUT2D eigenvalue weighted by Gasteiger charge is 2.23. The molecule has 5 nitrogen and oxygen atoms in total. The maximum atomic E-state index is 11.4. The monoisotopic (exact) mass is 302 g/mol. The van der Waals surface area contributed by atoms with Crippen molar-refractivity contribution in [2.45, 2.75) is 18.9 Å². The standard InChI is InChI=1S/C12H12Cl2N2O3/c13-7-3-8(14)5-10(4-7)19-6-11(17)16-12(18)15-9-1-2-9/h3-5,9H,1-2,6H2,(H2,15,16,17,18). The number of ether oxygens (including phenoxy) is 1. The van der Waals surface area contributed by atoms with E-state index in [4.69, 9.17) is 27.9 Å². The van der Waals surface area contributed by atoms with E-state index in [0.29, 0.717) is 15.8 Å². The first-order valence-corrected chi connectivity index (χ1v) is 6.48. The smallest absolute Gasteiger partial charge is 0.321 e. The molecular weight excluding hydrogens is 291 g/mol. The minimum atomic E-state index is -0.533. The number of hydrogen-bond acceptors (Lipinski definition) is 3. The highest BCUT2D eigenvalue weighted by molar-refractivity contribution is 6.34. The Bertz CT molecular complexity index is 483. The van der Waals surface area contributed by atoms with Gasteiger partial charge in [0.25, 0.3) is 5.91 Å². The van der Waals surface area contributed by atoms with Crippen molar-refractivity contribution in [3.63, 3.8) is 0 Å². The highest BCUT2D eigenvalue weighted by Crippen LogP contribution is 2.24. The van der Waals surface area contributed by atoms with Gasteiger partial charge in [-0.3, -0.25) is 10.1 Å². The van der Waals surface area contributed by atoms with Gasteiger partial charge in [0.15, 0.2) is 6.61 Å². The van der Waals surface area contributed by atoms with Crippen molar-refractivity contribution in [1.82, 2.24) is 10.6 Å². The Kier molecular flexibility index (Phi) is 4.50. The van der Waals surface area contributed by atoms with Gasteiger partial charge in [-0.2, -0.15) is 0 Å². The van der Waals surface area contributed by atoms with Gasteiger partial charge in [-0.05, 0) is 31.0 Å². The summed E-state index contributed by atoms with van der Waals surface area (Å²) in [5.41, 5.74) is 0. The van der Waals surface area contributed by atoms with Gasteiger partial charge < -0.3 is 10.1 Å². The van der Waals surface area contributed by atoms with Crippen LogP contribution in [-0.4, -0.2) is 24.6 Å². The van der Waals surface area contributed by atoms with Crippen LogP contribution >= 0.6 is 23.2 Å². The lowest BCUT2D eigenvalue weighted by Crippen LogP contribution is -2.42. The number of benzene rings is 1. The molecule has 3 amide bonds. The first kappa shape index (κ1) is 14.0. The molecule has 0 unspecified atom stereocenters. The SMILES string of the molecule is O=C(COc1cc(Cl)cc(Cl)c1)NC(=O)NC1CC1. The lowest BCUT2D eigenvalue weighted by molar-refractivity contribution is -0.122. The van der Waals surface area contributed by atoms with E-state index in [0.717, 1.165) is 12.8 Å². The number of carbonyl (C=O) groups excluding carboxylic acids is 2. The number of amides is 3. The second-order valence-corrected chi connectivity index (χ2v) is 5.06. The Morgan fingerprint density at radius 2 is 1.84 bits per heavy atom. The van der Waals surface area contributed by atoms with E-state index in [-0.39, 0.29) is 12.6 Å². The van der Waals surface area contributed by atoms with Crippen LogP contribution in [0.5, 0.6) is 5.75 Å². The maximum absolute atomic E-state index is 11.4. The summed E-state index contributed by atoms with van der Waals surface area (Å²) >= 11 is 11.6. The van der Waals surface area contributed by atoms with Crippen molar-refractivity contribution in [1.29, 1.82) is 0 Å². The largest absolute Gasteiger partial charge is 0.484 e. The van der Waals surface area contributed by atoms with Crippen LogP contribution in [0.2, 0.25) is 10.0 Å². The van der Waals surface area contributed by atoms with E-state index in [1.165, 1.54) is 12.1 Å². The molecule has 1 aromatic carbocycles. The molecule has 2 N–H and O–H groups in total. The Morgan fingerprint density at radius 3 is 2.42 bits per heavy atom.